The van der Waals surface area contributed by atoms with Gasteiger partial charge in [-0.05, 0) is 30.4 Å². The molecule has 2 aromatic rings. The van der Waals surface area contributed by atoms with E-state index in [1.54, 1.807) is 30.3 Å². The maximum Gasteiger partial charge on any atom is 0.475 e. The minimum absolute atomic E-state index is 0.0126. The molecule has 2 aromatic carbocycles. The molecule has 0 bridgehead atoms. The zero-order chi connectivity index (χ0) is 25.2. The molecule has 1 fully saturated rings. The predicted octanol–water partition coefficient (Wildman–Crippen LogP) is 0.857. The summed E-state index contributed by atoms with van der Waals surface area (Å²) in [5, 5.41) is 24.4. The molecule has 0 aromatic heterocycles. The number of benzene rings is 2. The Bertz CT molecular complexity index is 1210. The number of hydrogen-bond acceptors (Lipinski definition) is 7. The van der Waals surface area contributed by atoms with Crippen molar-refractivity contribution in [3.63, 3.8) is 0 Å². The van der Waals surface area contributed by atoms with Crippen LogP contribution in [0.1, 0.15) is 24.8 Å². The first-order valence-electron chi connectivity index (χ1n) is 11.1. The number of halogens is 1. The van der Waals surface area contributed by atoms with Crippen molar-refractivity contribution in [2.24, 2.45) is 5.92 Å². The fourth-order valence-corrected chi connectivity index (χ4v) is 5.57. The van der Waals surface area contributed by atoms with E-state index >= 15 is 0 Å². The summed E-state index contributed by atoms with van der Waals surface area (Å²) < 4.78 is 34.3. The molecule has 1 heterocycles. The molecule has 2 atom stereocenters. The van der Waals surface area contributed by atoms with Crippen LogP contribution in [0, 0.1) is 5.92 Å². The van der Waals surface area contributed by atoms with E-state index in [0.717, 1.165) is 12.8 Å². The number of anilines is 1. The fraction of sp³-hybridized carbons (Fsp3) is 0.364. The van der Waals surface area contributed by atoms with Gasteiger partial charge in [0.05, 0.1) is 16.7 Å². The third kappa shape index (κ3) is 6.53. The molecule has 0 radical (unpaired) electrons. The minimum Gasteiger partial charge on any atom is -0.482 e. The molecule has 10 nitrogen and oxygen atoms in total. The van der Waals surface area contributed by atoms with Gasteiger partial charge in [0.25, 0.3) is 5.91 Å². The Balaban J connectivity index is 1.59. The highest BCUT2D eigenvalue weighted by atomic mass is 35.5. The van der Waals surface area contributed by atoms with Crippen molar-refractivity contribution in [2.75, 3.05) is 11.9 Å². The first-order chi connectivity index (χ1) is 16.6. The Labute approximate surface area is 208 Å². The highest BCUT2D eigenvalue weighted by molar-refractivity contribution is 7.89. The number of fused-ring (bicyclic) bond motifs is 1. The van der Waals surface area contributed by atoms with Gasteiger partial charge in [0, 0.05) is 6.07 Å². The van der Waals surface area contributed by atoms with Crippen LogP contribution >= 0.6 is 11.6 Å². The molecule has 2 unspecified atom stereocenters. The number of ether oxygens (including phenoxy) is 1. The van der Waals surface area contributed by atoms with Crippen LogP contribution in [0.2, 0.25) is 5.02 Å². The lowest BCUT2D eigenvalue weighted by atomic mass is 9.76. The van der Waals surface area contributed by atoms with Crippen LogP contribution in [0.5, 0.6) is 5.75 Å². The highest BCUT2D eigenvalue weighted by Gasteiger charge is 2.36. The van der Waals surface area contributed by atoms with Gasteiger partial charge in [-0.25, -0.2) is 8.42 Å². The fourth-order valence-electron chi connectivity index (χ4n) is 3.83. The molecule has 186 valence electrons. The van der Waals surface area contributed by atoms with Gasteiger partial charge in [-0.15, -0.1) is 0 Å². The lowest BCUT2D eigenvalue weighted by Crippen LogP contribution is -2.54. The summed E-state index contributed by atoms with van der Waals surface area (Å²) >= 11 is 6.21. The summed E-state index contributed by atoms with van der Waals surface area (Å²) in [7, 11) is -6.11. The van der Waals surface area contributed by atoms with Gasteiger partial charge < -0.3 is 25.4 Å². The van der Waals surface area contributed by atoms with Crippen LogP contribution in [-0.2, 0) is 26.0 Å². The van der Waals surface area contributed by atoms with Gasteiger partial charge in [0.2, 0.25) is 15.9 Å². The maximum absolute atomic E-state index is 13.3. The lowest BCUT2D eigenvalue weighted by molar-refractivity contribution is -0.123. The second kappa shape index (κ2) is 10.5. The monoisotopic (exact) mass is 521 g/mol. The van der Waals surface area contributed by atoms with Crippen molar-refractivity contribution in [3.8, 4) is 5.75 Å². The number of nitrogens with one attached hydrogen (secondary N) is 3. The molecule has 1 aliphatic heterocycles. The Morgan fingerprint density at radius 1 is 1.23 bits per heavy atom. The molecule has 13 heteroatoms. The average Bonchev–Trinajstić information content (AvgIpc) is 3.62. The van der Waals surface area contributed by atoms with Crippen LogP contribution in [-0.4, -0.2) is 56.0 Å². The number of sulfonamides is 1. The Hall–Kier alpha value is -2.64. The van der Waals surface area contributed by atoms with E-state index in [-0.39, 0.29) is 34.4 Å². The van der Waals surface area contributed by atoms with Crippen molar-refractivity contribution in [1.82, 2.24) is 10.0 Å². The third-order valence-corrected chi connectivity index (χ3v) is 7.76. The molecular weight excluding hydrogens is 497 g/mol. The first-order valence-corrected chi connectivity index (χ1v) is 13.0. The molecular formula is C22H25BClN3O7S. The number of carbonyl (C=O) groups is 2. The Kier molecular flexibility index (Phi) is 7.67. The summed E-state index contributed by atoms with van der Waals surface area (Å²) in [4.78, 5) is 24.4. The predicted molar refractivity (Wildman–Crippen MR) is 129 cm³/mol. The summed E-state index contributed by atoms with van der Waals surface area (Å²) in [6, 6.07) is 10.0. The molecule has 5 N–H and O–H groups in total. The first kappa shape index (κ1) is 25.5. The van der Waals surface area contributed by atoms with Gasteiger partial charge in [-0.2, -0.15) is 4.72 Å². The topological polar surface area (TPSA) is 154 Å². The van der Waals surface area contributed by atoms with E-state index in [0.29, 0.717) is 17.9 Å². The van der Waals surface area contributed by atoms with Crippen LogP contribution < -0.4 is 20.1 Å². The second-order valence-corrected chi connectivity index (χ2v) is 10.8. The minimum atomic E-state index is -4.33. The average molecular weight is 522 g/mol. The normalized spacial score (nSPS) is 16.9. The van der Waals surface area contributed by atoms with Crippen LogP contribution in [0.15, 0.2) is 47.4 Å². The lowest BCUT2D eigenvalue weighted by Gasteiger charge is -2.24. The van der Waals surface area contributed by atoms with Crippen molar-refractivity contribution >= 4 is 46.2 Å². The quantitative estimate of drug-likeness (QED) is 0.291. The van der Waals surface area contributed by atoms with Gasteiger partial charge >= 0.3 is 7.12 Å². The number of hydrogen-bond donors (Lipinski definition) is 5. The smallest absolute Gasteiger partial charge is 0.475 e. The Morgan fingerprint density at radius 3 is 2.60 bits per heavy atom. The van der Waals surface area contributed by atoms with Crippen LogP contribution in [0.25, 0.3) is 0 Å². The molecule has 0 saturated heterocycles. The SMILES string of the molecule is O=C1COc2cc(S(=O)(=O)NC(Cc3ccccc3)C(=O)NC(CC3CC3)B(O)O)c(Cl)cc2N1. The zero-order valence-corrected chi connectivity index (χ0v) is 20.2. The van der Waals surface area contributed by atoms with Crippen LogP contribution in [0.4, 0.5) is 5.69 Å². The number of amides is 2. The molecule has 35 heavy (non-hydrogen) atoms. The largest absolute Gasteiger partial charge is 0.482 e. The summed E-state index contributed by atoms with van der Waals surface area (Å²) in [6.07, 6.45) is 2.28. The standard InChI is InChI=1S/C22H25BClN3O7S/c24-15-10-16-18(34-12-21(28)25-16)11-19(15)35(32,33)27-17(8-13-4-2-1-3-5-13)22(29)26-20(23(30)31)9-14-6-7-14/h1-5,10-11,14,17,20,27,30-31H,6-9,12H2,(H,25,28)(H,26,29). The molecule has 1 aliphatic carbocycles. The van der Waals surface area contributed by atoms with Crippen molar-refractivity contribution < 1.29 is 32.8 Å². The van der Waals surface area contributed by atoms with Gasteiger partial charge in [-0.3, -0.25) is 9.59 Å². The highest BCUT2D eigenvalue weighted by Crippen LogP contribution is 2.36. The third-order valence-electron chi connectivity index (χ3n) is 5.82. The molecule has 2 aliphatic rings. The van der Waals surface area contributed by atoms with Gasteiger partial charge in [0.1, 0.15) is 16.7 Å². The van der Waals surface area contributed by atoms with E-state index in [9.17, 15) is 28.1 Å². The maximum atomic E-state index is 13.3. The van der Waals surface area contributed by atoms with Gasteiger partial charge in [0.15, 0.2) is 6.61 Å². The second-order valence-electron chi connectivity index (χ2n) is 8.69. The summed E-state index contributed by atoms with van der Waals surface area (Å²) in [5.41, 5.74) is 0.935. The zero-order valence-electron chi connectivity index (χ0n) is 18.6. The van der Waals surface area contributed by atoms with E-state index in [4.69, 9.17) is 16.3 Å². The molecule has 2 amide bonds. The van der Waals surface area contributed by atoms with E-state index < -0.39 is 40.9 Å². The summed E-state index contributed by atoms with van der Waals surface area (Å²) in [6.45, 7) is -0.271. The number of carbonyl (C=O) groups excluding carboxylic acids is 2. The van der Waals surface area contributed by atoms with Crippen molar-refractivity contribution in [3.05, 3.63) is 53.1 Å². The van der Waals surface area contributed by atoms with Crippen LogP contribution in [0.3, 0.4) is 0 Å². The summed E-state index contributed by atoms with van der Waals surface area (Å²) in [5.74, 6) is -1.60. The molecule has 1 saturated carbocycles. The van der Waals surface area contributed by atoms with Crippen molar-refractivity contribution in [2.45, 2.75) is 42.6 Å². The number of rotatable bonds is 10. The van der Waals surface area contributed by atoms with E-state index in [2.05, 4.69) is 15.4 Å². The Morgan fingerprint density at radius 2 is 1.94 bits per heavy atom. The molecule has 4 rings (SSSR count). The van der Waals surface area contributed by atoms with E-state index in [1.807, 2.05) is 0 Å². The van der Waals surface area contributed by atoms with Crippen molar-refractivity contribution in [1.29, 1.82) is 0 Å². The van der Waals surface area contributed by atoms with E-state index in [1.165, 1.54) is 12.1 Å². The molecule has 0 spiro atoms. The van der Waals surface area contributed by atoms with Gasteiger partial charge in [-0.1, -0.05) is 54.8 Å².